The Morgan fingerprint density at radius 2 is 2.37 bits per heavy atom. The van der Waals surface area contributed by atoms with E-state index in [1.165, 1.54) is 30.2 Å². The number of rotatable bonds is 3. The summed E-state index contributed by atoms with van der Waals surface area (Å²) in [5, 5.41) is 9.09. The molecule has 0 saturated carbocycles. The smallest absolute Gasteiger partial charge is 0.339 e. The number of nitrogens with zero attached hydrogens (tertiary/aromatic N) is 2. The summed E-state index contributed by atoms with van der Waals surface area (Å²) in [6.45, 7) is 1.66. The van der Waals surface area contributed by atoms with E-state index in [0.717, 1.165) is 0 Å². The summed E-state index contributed by atoms with van der Waals surface area (Å²) in [7, 11) is 0. The van der Waals surface area contributed by atoms with Gasteiger partial charge in [-0.2, -0.15) is 0 Å². The molecule has 1 atom stereocenters. The molecule has 1 aliphatic rings. The molecule has 1 N–H and O–H groups in total. The lowest BCUT2D eigenvalue weighted by atomic mass is 10.0. The maximum Gasteiger partial charge on any atom is 0.339 e. The lowest BCUT2D eigenvalue weighted by molar-refractivity contribution is -0.134. The van der Waals surface area contributed by atoms with Crippen molar-refractivity contribution in [1.29, 1.82) is 0 Å². The van der Waals surface area contributed by atoms with E-state index in [0.29, 0.717) is 6.54 Å². The molecule has 5 nitrogen and oxygen atoms in total. The van der Waals surface area contributed by atoms with Crippen LogP contribution in [0.4, 0.5) is 14.6 Å². The first-order chi connectivity index (χ1) is 8.94. The summed E-state index contributed by atoms with van der Waals surface area (Å²) >= 11 is 0. The van der Waals surface area contributed by atoms with Crippen molar-refractivity contribution in [3.05, 3.63) is 23.9 Å². The van der Waals surface area contributed by atoms with Gasteiger partial charge in [0.1, 0.15) is 17.0 Å². The van der Waals surface area contributed by atoms with Gasteiger partial charge >= 0.3 is 5.97 Å². The summed E-state index contributed by atoms with van der Waals surface area (Å²) in [5.74, 6) is -0.932. The zero-order valence-corrected chi connectivity index (χ0v) is 10.3. The van der Waals surface area contributed by atoms with E-state index in [4.69, 9.17) is 9.84 Å². The number of hydrogen-bond donors (Lipinski definition) is 1. The molecule has 104 valence electrons. The van der Waals surface area contributed by atoms with Crippen molar-refractivity contribution in [1.82, 2.24) is 4.98 Å². The van der Waals surface area contributed by atoms with Crippen LogP contribution in [0, 0.1) is 0 Å². The van der Waals surface area contributed by atoms with Gasteiger partial charge in [0.15, 0.2) is 0 Å². The Labute approximate surface area is 108 Å². The second kappa shape index (κ2) is 5.08. The van der Waals surface area contributed by atoms with E-state index in [-0.39, 0.29) is 24.5 Å². The molecule has 19 heavy (non-hydrogen) atoms. The fraction of sp³-hybridized carbons (Fsp3) is 0.500. The summed E-state index contributed by atoms with van der Waals surface area (Å²) in [6, 6.07) is 2.90. The van der Waals surface area contributed by atoms with Gasteiger partial charge in [-0.05, 0) is 19.1 Å². The van der Waals surface area contributed by atoms with Crippen molar-refractivity contribution >= 4 is 11.8 Å². The number of halogens is 2. The molecule has 2 rings (SSSR count). The highest BCUT2D eigenvalue weighted by molar-refractivity contribution is 5.93. The van der Waals surface area contributed by atoms with Crippen LogP contribution in [0.25, 0.3) is 0 Å². The molecule has 1 aromatic rings. The first-order valence-electron chi connectivity index (χ1n) is 5.79. The van der Waals surface area contributed by atoms with Crippen molar-refractivity contribution in [2.75, 3.05) is 24.6 Å². The van der Waals surface area contributed by atoms with Gasteiger partial charge in [0.25, 0.3) is 6.43 Å². The maximum atomic E-state index is 13.0. The number of hydrogen-bond acceptors (Lipinski definition) is 4. The minimum atomic E-state index is -2.65. The third-order valence-electron chi connectivity index (χ3n) is 3.08. The van der Waals surface area contributed by atoms with Crippen LogP contribution in [0.15, 0.2) is 18.3 Å². The van der Waals surface area contributed by atoms with E-state index >= 15 is 0 Å². The normalized spacial score (nSPS) is 23.7. The molecule has 0 bridgehead atoms. The van der Waals surface area contributed by atoms with E-state index in [1.54, 1.807) is 0 Å². The standard InChI is InChI=1S/C12H14F2N2O3/c1-12(11(13)14)7-16(5-6-19-12)9-8(10(17)18)3-2-4-15-9/h2-4,11H,5-7H2,1H3,(H,17,18). The number of carboxylic acid groups (broad SMARTS) is 1. The van der Waals surface area contributed by atoms with Crippen LogP contribution < -0.4 is 4.90 Å². The van der Waals surface area contributed by atoms with Crippen molar-refractivity contribution in [2.24, 2.45) is 0 Å². The molecule has 1 aromatic heterocycles. The third-order valence-corrected chi connectivity index (χ3v) is 3.08. The van der Waals surface area contributed by atoms with E-state index in [2.05, 4.69) is 4.98 Å². The monoisotopic (exact) mass is 272 g/mol. The fourth-order valence-corrected chi connectivity index (χ4v) is 2.02. The highest BCUT2D eigenvalue weighted by Crippen LogP contribution is 2.28. The van der Waals surface area contributed by atoms with Crippen LogP contribution in [-0.4, -0.2) is 47.8 Å². The topological polar surface area (TPSA) is 62.7 Å². The number of aromatic carboxylic acids is 1. The average Bonchev–Trinajstić information content (AvgIpc) is 2.38. The summed E-state index contributed by atoms with van der Waals surface area (Å²) in [4.78, 5) is 16.6. The fourth-order valence-electron chi connectivity index (χ4n) is 2.02. The molecule has 0 radical (unpaired) electrons. The molecule has 0 aliphatic carbocycles. The SMILES string of the molecule is CC1(C(F)F)CN(c2ncccc2C(=O)O)CCO1. The number of carboxylic acids is 1. The van der Waals surface area contributed by atoms with Crippen LogP contribution in [0.3, 0.4) is 0 Å². The molecule has 0 spiro atoms. The van der Waals surface area contributed by atoms with Crippen LogP contribution in [0.1, 0.15) is 17.3 Å². The number of morpholine rings is 1. The predicted molar refractivity (Wildman–Crippen MR) is 63.8 cm³/mol. The van der Waals surface area contributed by atoms with Crippen LogP contribution >= 0.6 is 0 Å². The molecule has 1 fully saturated rings. The number of pyridine rings is 1. The number of carbonyl (C=O) groups is 1. The Balaban J connectivity index is 2.30. The van der Waals surface area contributed by atoms with Gasteiger partial charge in [0.2, 0.25) is 0 Å². The first kappa shape index (κ1) is 13.7. The Kier molecular flexibility index (Phi) is 3.66. The molecular formula is C12H14F2N2O3. The minimum absolute atomic E-state index is 0.000941. The van der Waals surface area contributed by atoms with Gasteiger partial charge in [-0.1, -0.05) is 0 Å². The summed E-state index contributed by atoms with van der Waals surface area (Å²) < 4.78 is 31.0. The van der Waals surface area contributed by atoms with Crippen molar-refractivity contribution < 1.29 is 23.4 Å². The Hall–Kier alpha value is -1.76. The van der Waals surface area contributed by atoms with Crippen LogP contribution in [0.5, 0.6) is 0 Å². The van der Waals surface area contributed by atoms with E-state index < -0.39 is 18.0 Å². The van der Waals surface area contributed by atoms with Crippen LogP contribution in [-0.2, 0) is 4.74 Å². The second-order valence-electron chi connectivity index (χ2n) is 4.56. The zero-order chi connectivity index (χ0) is 14.0. The van der Waals surface area contributed by atoms with Gasteiger partial charge < -0.3 is 14.7 Å². The summed E-state index contributed by atoms with van der Waals surface area (Å²) in [5.41, 5.74) is -1.60. The highest BCUT2D eigenvalue weighted by Gasteiger charge is 2.41. The Bertz CT molecular complexity index is 484. The minimum Gasteiger partial charge on any atom is -0.478 e. The van der Waals surface area contributed by atoms with Crippen molar-refractivity contribution in [3.63, 3.8) is 0 Å². The van der Waals surface area contributed by atoms with Gasteiger partial charge in [0.05, 0.1) is 13.2 Å². The number of aromatic nitrogens is 1. The van der Waals surface area contributed by atoms with E-state index in [9.17, 15) is 13.6 Å². The zero-order valence-electron chi connectivity index (χ0n) is 10.3. The molecule has 7 heteroatoms. The molecule has 1 saturated heterocycles. The van der Waals surface area contributed by atoms with Gasteiger partial charge in [-0.15, -0.1) is 0 Å². The van der Waals surface area contributed by atoms with Gasteiger partial charge in [0, 0.05) is 12.7 Å². The Morgan fingerprint density at radius 1 is 1.63 bits per heavy atom. The first-order valence-corrected chi connectivity index (χ1v) is 5.79. The molecular weight excluding hydrogens is 258 g/mol. The lowest BCUT2D eigenvalue weighted by Gasteiger charge is -2.40. The Morgan fingerprint density at radius 3 is 3.00 bits per heavy atom. The average molecular weight is 272 g/mol. The van der Waals surface area contributed by atoms with Gasteiger partial charge in [-0.3, -0.25) is 0 Å². The number of alkyl halides is 2. The number of anilines is 1. The number of ether oxygens (including phenoxy) is 1. The second-order valence-corrected chi connectivity index (χ2v) is 4.56. The predicted octanol–water partition coefficient (Wildman–Crippen LogP) is 1.64. The largest absolute Gasteiger partial charge is 0.478 e. The molecule has 1 unspecified atom stereocenters. The van der Waals surface area contributed by atoms with E-state index in [1.807, 2.05) is 0 Å². The summed E-state index contributed by atoms with van der Waals surface area (Å²) in [6.07, 6.45) is -1.20. The molecule has 2 heterocycles. The highest BCUT2D eigenvalue weighted by atomic mass is 19.3. The third kappa shape index (κ3) is 2.65. The molecule has 0 aromatic carbocycles. The quantitative estimate of drug-likeness (QED) is 0.906. The van der Waals surface area contributed by atoms with Crippen LogP contribution in [0.2, 0.25) is 0 Å². The van der Waals surface area contributed by atoms with Gasteiger partial charge in [-0.25, -0.2) is 18.6 Å². The van der Waals surface area contributed by atoms with Crippen molar-refractivity contribution in [3.8, 4) is 0 Å². The molecule has 0 amide bonds. The lowest BCUT2D eigenvalue weighted by Crippen LogP contribution is -2.54. The maximum absolute atomic E-state index is 13.0. The molecule has 1 aliphatic heterocycles. The van der Waals surface area contributed by atoms with Crippen molar-refractivity contribution in [2.45, 2.75) is 19.0 Å².